The molecule has 0 radical (unpaired) electrons. The Morgan fingerprint density at radius 1 is 1.13 bits per heavy atom. The molecule has 162 valence electrons. The molecule has 31 heavy (non-hydrogen) atoms. The lowest BCUT2D eigenvalue weighted by atomic mass is 10.1. The fourth-order valence-corrected chi connectivity index (χ4v) is 3.35. The maximum absolute atomic E-state index is 13.4. The highest BCUT2D eigenvalue weighted by Crippen LogP contribution is 2.38. The van der Waals surface area contributed by atoms with Gasteiger partial charge in [-0.2, -0.15) is 18.2 Å². The first-order chi connectivity index (χ1) is 14.6. The Morgan fingerprint density at radius 3 is 2.45 bits per heavy atom. The lowest BCUT2D eigenvalue weighted by molar-refractivity contribution is -0.138. The molecule has 1 amide bonds. The van der Waals surface area contributed by atoms with Gasteiger partial charge in [-0.25, -0.2) is 4.79 Å². The Balaban J connectivity index is 1.91. The van der Waals surface area contributed by atoms with Crippen LogP contribution in [0.2, 0.25) is 0 Å². The Hall–Kier alpha value is -3.47. The Kier molecular flexibility index (Phi) is 6.25. The van der Waals surface area contributed by atoms with Gasteiger partial charge in [-0.15, -0.1) is 0 Å². The topological polar surface area (TPSA) is 100 Å². The standard InChI is InChI=1S/C20H15F3N2O5S/c1-28-15-7-10(8-16-17(26)25-19(24)31-16)3-6-14(15)30-11-4-5-12(18(27)29-2)13(9-11)20(21,22)23/h3-9H,1-2H3,(H2,24,25,26)/b16-8+. The van der Waals surface area contributed by atoms with Gasteiger partial charge in [0, 0.05) is 0 Å². The van der Waals surface area contributed by atoms with E-state index in [0.717, 1.165) is 24.9 Å². The summed E-state index contributed by atoms with van der Waals surface area (Å²) in [5.41, 5.74) is 4.27. The van der Waals surface area contributed by atoms with Crippen molar-refractivity contribution in [3.8, 4) is 17.2 Å². The first kappa shape index (κ1) is 22.2. The summed E-state index contributed by atoms with van der Waals surface area (Å²) in [6.07, 6.45) is -3.24. The number of nitrogens with zero attached hydrogens (tertiary/aromatic N) is 1. The molecule has 0 unspecified atom stereocenters. The van der Waals surface area contributed by atoms with Crippen LogP contribution in [-0.2, 0) is 15.7 Å². The molecule has 0 spiro atoms. The largest absolute Gasteiger partial charge is 0.493 e. The van der Waals surface area contributed by atoms with E-state index in [1.807, 2.05) is 0 Å². The molecular weight excluding hydrogens is 437 g/mol. The quantitative estimate of drug-likeness (QED) is 0.535. The van der Waals surface area contributed by atoms with Crippen molar-refractivity contribution in [2.45, 2.75) is 6.18 Å². The molecule has 11 heteroatoms. The summed E-state index contributed by atoms with van der Waals surface area (Å²) in [5.74, 6) is -1.40. The zero-order chi connectivity index (χ0) is 22.8. The van der Waals surface area contributed by atoms with Gasteiger partial charge in [0.2, 0.25) is 0 Å². The summed E-state index contributed by atoms with van der Waals surface area (Å²) >= 11 is 1.02. The molecule has 0 saturated carbocycles. The number of nitrogens with two attached hydrogens (primary N) is 1. The number of amides is 1. The molecule has 3 rings (SSSR count). The van der Waals surface area contributed by atoms with Gasteiger partial charge in [-0.1, -0.05) is 6.07 Å². The highest BCUT2D eigenvalue weighted by molar-refractivity contribution is 8.18. The zero-order valence-corrected chi connectivity index (χ0v) is 17.0. The molecule has 0 bridgehead atoms. The minimum atomic E-state index is -4.79. The second-order valence-corrected chi connectivity index (χ2v) is 7.14. The van der Waals surface area contributed by atoms with Crippen molar-refractivity contribution in [3.05, 3.63) is 58.0 Å². The van der Waals surface area contributed by atoms with Crippen molar-refractivity contribution in [1.29, 1.82) is 0 Å². The maximum atomic E-state index is 13.4. The summed E-state index contributed by atoms with van der Waals surface area (Å²) < 4.78 is 55.3. The number of rotatable bonds is 5. The van der Waals surface area contributed by atoms with Crippen LogP contribution in [0.1, 0.15) is 21.5 Å². The molecular formula is C20H15F3N2O5S. The van der Waals surface area contributed by atoms with Crippen LogP contribution in [0.3, 0.4) is 0 Å². The molecule has 0 atom stereocenters. The molecule has 2 aromatic rings. The number of thioether (sulfide) groups is 1. The van der Waals surface area contributed by atoms with E-state index in [4.69, 9.17) is 15.2 Å². The third-order valence-corrected chi connectivity index (χ3v) is 4.86. The Labute approximate surface area is 178 Å². The number of carbonyl (C=O) groups is 2. The van der Waals surface area contributed by atoms with Gasteiger partial charge in [-0.3, -0.25) is 4.79 Å². The van der Waals surface area contributed by atoms with Gasteiger partial charge in [-0.05, 0) is 53.7 Å². The average Bonchev–Trinajstić information content (AvgIpc) is 3.04. The van der Waals surface area contributed by atoms with E-state index in [1.54, 1.807) is 12.1 Å². The van der Waals surface area contributed by atoms with Crippen molar-refractivity contribution in [1.82, 2.24) is 0 Å². The van der Waals surface area contributed by atoms with Crippen molar-refractivity contribution in [2.75, 3.05) is 14.2 Å². The number of ether oxygens (including phenoxy) is 3. The van der Waals surface area contributed by atoms with E-state index in [9.17, 15) is 22.8 Å². The summed E-state index contributed by atoms with van der Waals surface area (Å²) in [7, 11) is 2.35. The smallest absolute Gasteiger partial charge is 0.417 e. The molecule has 2 N–H and O–H groups in total. The highest BCUT2D eigenvalue weighted by atomic mass is 32.2. The van der Waals surface area contributed by atoms with Crippen molar-refractivity contribution in [2.24, 2.45) is 10.7 Å². The van der Waals surface area contributed by atoms with Crippen molar-refractivity contribution >= 4 is 34.9 Å². The average molecular weight is 452 g/mol. The van der Waals surface area contributed by atoms with E-state index >= 15 is 0 Å². The molecule has 1 heterocycles. The highest BCUT2D eigenvalue weighted by Gasteiger charge is 2.36. The molecule has 1 aliphatic heterocycles. The second-order valence-electron chi connectivity index (χ2n) is 6.07. The van der Waals surface area contributed by atoms with Crippen LogP contribution in [0.4, 0.5) is 13.2 Å². The first-order valence-electron chi connectivity index (χ1n) is 8.56. The van der Waals surface area contributed by atoms with Crippen LogP contribution in [0.25, 0.3) is 6.08 Å². The predicted octanol–water partition coefficient (Wildman–Crippen LogP) is 4.22. The molecule has 0 aromatic heterocycles. The number of amidine groups is 1. The lowest BCUT2D eigenvalue weighted by Gasteiger charge is -2.15. The van der Waals surface area contributed by atoms with Crippen LogP contribution in [0.15, 0.2) is 46.3 Å². The number of alkyl halides is 3. The van der Waals surface area contributed by atoms with Crippen molar-refractivity contribution < 1.29 is 37.0 Å². The minimum absolute atomic E-state index is 0.129. The summed E-state index contributed by atoms with van der Waals surface area (Å²) in [5, 5.41) is 0.138. The number of benzene rings is 2. The maximum Gasteiger partial charge on any atom is 0.417 e. The first-order valence-corrected chi connectivity index (χ1v) is 9.37. The third kappa shape index (κ3) is 5.00. The van der Waals surface area contributed by atoms with Crippen LogP contribution in [0.5, 0.6) is 17.2 Å². The molecule has 0 saturated heterocycles. The number of methoxy groups -OCH3 is 2. The Bertz CT molecular complexity index is 1110. The van der Waals surface area contributed by atoms with E-state index in [-0.39, 0.29) is 22.4 Å². The predicted molar refractivity (Wildman–Crippen MR) is 108 cm³/mol. The third-order valence-electron chi connectivity index (χ3n) is 4.05. The minimum Gasteiger partial charge on any atom is -0.493 e. The van der Waals surface area contributed by atoms with Gasteiger partial charge >= 0.3 is 12.1 Å². The van der Waals surface area contributed by atoms with E-state index < -0.39 is 29.2 Å². The number of halogens is 3. The summed E-state index contributed by atoms with van der Waals surface area (Å²) in [6, 6.07) is 7.49. The van der Waals surface area contributed by atoms with E-state index in [1.165, 1.54) is 25.3 Å². The number of hydrogen-bond acceptors (Lipinski definition) is 7. The van der Waals surface area contributed by atoms with Crippen molar-refractivity contribution in [3.63, 3.8) is 0 Å². The van der Waals surface area contributed by atoms with Gasteiger partial charge in [0.1, 0.15) is 5.75 Å². The van der Waals surface area contributed by atoms with Gasteiger partial charge in [0.15, 0.2) is 16.7 Å². The summed E-state index contributed by atoms with van der Waals surface area (Å²) in [4.78, 5) is 27.3. The SMILES string of the molecule is COC(=O)c1ccc(Oc2ccc(/C=C3/SC(N)=NC3=O)cc2OC)cc1C(F)(F)F. The van der Waals surface area contributed by atoms with Crippen LogP contribution in [0, 0.1) is 0 Å². The second kappa shape index (κ2) is 8.72. The van der Waals surface area contributed by atoms with Crippen LogP contribution >= 0.6 is 11.8 Å². The lowest BCUT2D eigenvalue weighted by Crippen LogP contribution is -2.14. The van der Waals surface area contributed by atoms with Gasteiger partial charge < -0.3 is 19.9 Å². The molecule has 1 aliphatic rings. The fourth-order valence-electron chi connectivity index (χ4n) is 2.67. The monoisotopic (exact) mass is 452 g/mol. The van der Waals surface area contributed by atoms with Crippen LogP contribution < -0.4 is 15.2 Å². The Morgan fingerprint density at radius 2 is 1.87 bits per heavy atom. The normalized spacial score (nSPS) is 15.1. The van der Waals surface area contributed by atoms with Gasteiger partial charge in [0.25, 0.3) is 5.91 Å². The molecule has 2 aromatic carbocycles. The fraction of sp³-hybridized carbons (Fsp3) is 0.150. The number of aliphatic imine (C=N–C) groups is 1. The summed E-state index contributed by atoms with van der Waals surface area (Å²) in [6.45, 7) is 0. The number of esters is 1. The number of carbonyl (C=O) groups excluding carboxylic acids is 2. The molecule has 0 fully saturated rings. The van der Waals surface area contributed by atoms with E-state index in [2.05, 4.69) is 9.73 Å². The molecule has 7 nitrogen and oxygen atoms in total. The zero-order valence-electron chi connectivity index (χ0n) is 16.1. The number of hydrogen-bond donors (Lipinski definition) is 1. The molecule has 0 aliphatic carbocycles. The van der Waals surface area contributed by atoms with Crippen LogP contribution in [-0.4, -0.2) is 31.3 Å². The van der Waals surface area contributed by atoms with Gasteiger partial charge in [0.05, 0.1) is 30.3 Å². The van der Waals surface area contributed by atoms with E-state index in [0.29, 0.717) is 16.5 Å².